The van der Waals surface area contributed by atoms with Crippen molar-refractivity contribution in [3.63, 3.8) is 0 Å². The zero-order chi connectivity index (χ0) is 34.6. The number of nitrogens with one attached hydrogen (secondary N) is 1. The lowest BCUT2D eigenvalue weighted by Gasteiger charge is -2.32. The molecular formula is C44H81N3O. The van der Waals surface area contributed by atoms with Gasteiger partial charge in [-0.3, -0.25) is 9.69 Å². The normalized spacial score (nSPS) is 15.0. The van der Waals surface area contributed by atoms with Crippen molar-refractivity contribution in [2.45, 2.75) is 187 Å². The molecule has 1 aliphatic rings. The Kier molecular flexibility index (Phi) is 32.5. The summed E-state index contributed by atoms with van der Waals surface area (Å²) in [6.45, 7) is 9.24. The number of unbranched alkanes of at least 4 members (excludes halogenated alkanes) is 18. The van der Waals surface area contributed by atoms with Gasteiger partial charge in [0.15, 0.2) is 0 Å². The van der Waals surface area contributed by atoms with E-state index in [-0.39, 0.29) is 5.91 Å². The van der Waals surface area contributed by atoms with Gasteiger partial charge < -0.3 is 10.2 Å². The summed E-state index contributed by atoms with van der Waals surface area (Å²) in [6.07, 6.45) is 51.9. The molecule has 1 aliphatic heterocycles. The molecule has 278 valence electrons. The first-order valence-electron chi connectivity index (χ1n) is 21.0. The molecule has 0 spiro atoms. The Hall–Kier alpha value is -1.65. The predicted octanol–water partition coefficient (Wildman–Crippen LogP) is 12.1. The lowest BCUT2D eigenvalue weighted by molar-refractivity contribution is -0.123. The molecular weight excluding hydrogens is 587 g/mol. The number of hydrogen-bond donors (Lipinski definition) is 1. The molecule has 0 aromatic carbocycles. The first-order valence-corrected chi connectivity index (χ1v) is 21.0. The highest BCUT2D eigenvalue weighted by atomic mass is 16.2. The summed E-state index contributed by atoms with van der Waals surface area (Å²) in [5.41, 5.74) is 0. The Morgan fingerprint density at radius 1 is 0.521 bits per heavy atom. The number of carbonyl (C=O) groups excluding carboxylic acids is 1. The monoisotopic (exact) mass is 668 g/mol. The first kappa shape index (κ1) is 44.4. The van der Waals surface area contributed by atoms with Crippen molar-refractivity contribution in [1.82, 2.24) is 15.1 Å². The Labute approximate surface area is 300 Å². The molecule has 4 heteroatoms. The molecule has 0 bridgehead atoms. The molecule has 0 aliphatic carbocycles. The molecule has 0 atom stereocenters. The highest BCUT2D eigenvalue weighted by molar-refractivity contribution is 5.78. The Morgan fingerprint density at radius 2 is 0.896 bits per heavy atom. The second-order valence-electron chi connectivity index (χ2n) is 14.6. The summed E-state index contributed by atoms with van der Waals surface area (Å²) in [6, 6.07) is 0.349. The van der Waals surface area contributed by atoms with Crippen LogP contribution in [-0.4, -0.2) is 61.5 Å². The van der Waals surface area contributed by atoms with Crippen LogP contribution in [0.2, 0.25) is 0 Å². The minimum Gasteiger partial charge on any atom is -0.352 e. The minimum absolute atomic E-state index is 0.240. The molecule has 1 rings (SSSR count). The maximum Gasteiger partial charge on any atom is 0.234 e. The van der Waals surface area contributed by atoms with E-state index in [1.807, 2.05) is 0 Å². The Bertz CT molecular complexity index is 760. The zero-order valence-corrected chi connectivity index (χ0v) is 32.4. The third-order valence-electron chi connectivity index (χ3n) is 9.83. The quantitative estimate of drug-likeness (QED) is 0.0559. The fraction of sp³-hybridized carbons (Fsp3) is 0.795. The van der Waals surface area contributed by atoms with Crippen LogP contribution in [0, 0.1) is 0 Å². The van der Waals surface area contributed by atoms with E-state index in [0.717, 1.165) is 51.9 Å². The second-order valence-corrected chi connectivity index (χ2v) is 14.6. The van der Waals surface area contributed by atoms with Crippen LogP contribution < -0.4 is 5.32 Å². The van der Waals surface area contributed by atoms with Gasteiger partial charge in [-0.2, -0.15) is 0 Å². The smallest absolute Gasteiger partial charge is 0.234 e. The van der Waals surface area contributed by atoms with Gasteiger partial charge in [-0.05, 0) is 84.1 Å². The summed E-state index contributed by atoms with van der Waals surface area (Å²) in [5, 5.41) is 3.46. The second kappa shape index (κ2) is 35.2. The molecule has 1 fully saturated rings. The number of rotatable bonds is 33. The predicted molar refractivity (Wildman–Crippen MR) is 214 cm³/mol. The van der Waals surface area contributed by atoms with Gasteiger partial charge in [0, 0.05) is 32.2 Å². The van der Waals surface area contributed by atoms with Crippen molar-refractivity contribution in [3.05, 3.63) is 48.6 Å². The van der Waals surface area contributed by atoms with Gasteiger partial charge in [-0.1, -0.05) is 152 Å². The van der Waals surface area contributed by atoms with Crippen molar-refractivity contribution in [3.8, 4) is 0 Å². The van der Waals surface area contributed by atoms with Gasteiger partial charge in [0.1, 0.15) is 0 Å². The van der Waals surface area contributed by atoms with Crippen LogP contribution in [-0.2, 0) is 4.79 Å². The van der Waals surface area contributed by atoms with Crippen molar-refractivity contribution in [1.29, 1.82) is 0 Å². The Morgan fingerprint density at radius 3 is 1.31 bits per heavy atom. The van der Waals surface area contributed by atoms with E-state index >= 15 is 0 Å². The van der Waals surface area contributed by atoms with Gasteiger partial charge >= 0.3 is 0 Å². The fourth-order valence-electron chi connectivity index (χ4n) is 6.53. The summed E-state index contributed by atoms with van der Waals surface area (Å²) in [7, 11) is 2.17. The average molecular weight is 668 g/mol. The molecule has 1 heterocycles. The number of allylic oxidation sites excluding steroid dienone is 8. The molecule has 0 aromatic rings. The SMILES string of the molecule is CCCCC/C=C\C/C=C\CCCCCCCCC(CCCCCCCC/C=C\C/C=C\CCCCC)NC(=O)CN1CCN(C)CC1. The van der Waals surface area contributed by atoms with E-state index < -0.39 is 0 Å². The first-order chi connectivity index (χ1) is 23.7. The highest BCUT2D eigenvalue weighted by Gasteiger charge is 2.18. The highest BCUT2D eigenvalue weighted by Crippen LogP contribution is 2.16. The van der Waals surface area contributed by atoms with Crippen LogP contribution in [0.25, 0.3) is 0 Å². The van der Waals surface area contributed by atoms with Gasteiger partial charge in [-0.15, -0.1) is 0 Å². The number of piperazine rings is 1. The van der Waals surface area contributed by atoms with Gasteiger partial charge in [0.05, 0.1) is 6.54 Å². The number of amides is 1. The minimum atomic E-state index is 0.240. The number of likely N-dealkylation sites (N-methyl/N-ethyl adjacent to an activating group) is 1. The molecule has 0 aromatic heterocycles. The van der Waals surface area contributed by atoms with Crippen LogP contribution in [0.4, 0.5) is 0 Å². The van der Waals surface area contributed by atoms with Gasteiger partial charge in [-0.25, -0.2) is 0 Å². The van der Waals surface area contributed by atoms with E-state index in [9.17, 15) is 4.79 Å². The molecule has 1 amide bonds. The largest absolute Gasteiger partial charge is 0.352 e. The molecule has 0 radical (unpaired) electrons. The van der Waals surface area contributed by atoms with Crippen molar-refractivity contribution in [2.24, 2.45) is 0 Å². The van der Waals surface area contributed by atoms with Crippen LogP contribution in [0.1, 0.15) is 181 Å². The van der Waals surface area contributed by atoms with Gasteiger partial charge in [0.25, 0.3) is 0 Å². The molecule has 1 saturated heterocycles. The average Bonchev–Trinajstić information content (AvgIpc) is 3.08. The van der Waals surface area contributed by atoms with Crippen molar-refractivity contribution < 1.29 is 4.79 Å². The molecule has 48 heavy (non-hydrogen) atoms. The zero-order valence-electron chi connectivity index (χ0n) is 32.4. The van der Waals surface area contributed by atoms with Gasteiger partial charge in [0.2, 0.25) is 5.91 Å². The third kappa shape index (κ3) is 30.4. The Balaban J connectivity index is 2.18. The standard InChI is InChI=1S/C44H81N3O/c1-4-6-8-10-12-14-16-18-20-22-24-26-28-30-32-34-36-43(45-44(48)42-47-40-38-46(3)39-41-47)37-35-33-31-29-27-25-23-21-19-17-15-13-11-9-7-5-2/h12-15,18-21,43H,4-11,16-17,22-42H2,1-3H3,(H,45,48)/b14-12-,15-13-,20-18-,21-19-. The summed E-state index contributed by atoms with van der Waals surface area (Å²) < 4.78 is 0. The van der Waals surface area contributed by atoms with E-state index in [1.165, 1.54) is 141 Å². The van der Waals surface area contributed by atoms with Crippen LogP contribution in [0.3, 0.4) is 0 Å². The molecule has 4 nitrogen and oxygen atoms in total. The number of nitrogens with zero attached hydrogens (tertiary/aromatic N) is 2. The maximum absolute atomic E-state index is 13.0. The number of hydrogen-bond acceptors (Lipinski definition) is 3. The van der Waals surface area contributed by atoms with Crippen LogP contribution in [0.15, 0.2) is 48.6 Å². The number of carbonyl (C=O) groups is 1. The summed E-state index contributed by atoms with van der Waals surface area (Å²) in [4.78, 5) is 17.6. The van der Waals surface area contributed by atoms with E-state index in [0.29, 0.717) is 12.6 Å². The maximum atomic E-state index is 13.0. The van der Waals surface area contributed by atoms with Crippen molar-refractivity contribution >= 4 is 5.91 Å². The third-order valence-corrected chi connectivity index (χ3v) is 9.83. The fourth-order valence-corrected chi connectivity index (χ4v) is 6.53. The molecule has 1 N–H and O–H groups in total. The van der Waals surface area contributed by atoms with Crippen LogP contribution >= 0.6 is 0 Å². The lowest BCUT2D eigenvalue weighted by Crippen LogP contribution is -2.49. The summed E-state index contributed by atoms with van der Waals surface area (Å²) in [5.74, 6) is 0.240. The van der Waals surface area contributed by atoms with E-state index in [1.54, 1.807) is 0 Å². The lowest BCUT2D eigenvalue weighted by atomic mass is 9.99. The molecule has 0 unspecified atom stereocenters. The van der Waals surface area contributed by atoms with E-state index in [4.69, 9.17) is 0 Å². The van der Waals surface area contributed by atoms with E-state index in [2.05, 4.69) is 84.6 Å². The topological polar surface area (TPSA) is 35.6 Å². The van der Waals surface area contributed by atoms with Crippen LogP contribution in [0.5, 0.6) is 0 Å². The van der Waals surface area contributed by atoms with Crippen molar-refractivity contribution in [2.75, 3.05) is 39.8 Å². The molecule has 0 saturated carbocycles. The summed E-state index contributed by atoms with van der Waals surface area (Å²) >= 11 is 0.